The number of rotatable bonds is 4. The Balaban J connectivity index is 1.41. The second kappa shape index (κ2) is 8.05. The van der Waals surface area contributed by atoms with Crippen molar-refractivity contribution in [2.45, 2.75) is 25.3 Å². The molecule has 0 radical (unpaired) electrons. The molecule has 6 nitrogen and oxygen atoms in total. The van der Waals surface area contributed by atoms with Gasteiger partial charge >= 0.3 is 0 Å². The fourth-order valence-corrected chi connectivity index (χ4v) is 3.74. The highest BCUT2D eigenvalue weighted by Gasteiger charge is 2.27. The lowest BCUT2D eigenvalue weighted by Gasteiger charge is -2.32. The smallest absolute Gasteiger partial charge is 0.253 e. The number of carbonyl (C=O) groups is 1. The summed E-state index contributed by atoms with van der Waals surface area (Å²) in [6.07, 6.45) is 9.24. The van der Waals surface area contributed by atoms with Crippen LogP contribution >= 0.6 is 0 Å². The summed E-state index contributed by atoms with van der Waals surface area (Å²) in [4.78, 5) is 23.3. The van der Waals surface area contributed by atoms with E-state index in [0.717, 1.165) is 25.2 Å². The van der Waals surface area contributed by atoms with E-state index >= 15 is 0 Å². The first-order valence-corrected chi connectivity index (χ1v) is 9.44. The molecule has 0 spiro atoms. The second-order valence-corrected chi connectivity index (χ2v) is 7.03. The number of pyridine rings is 1. The zero-order valence-electron chi connectivity index (χ0n) is 15.5. The van der Waals surface area contributed by atoms with Gasteiger partial charge in [-0.3, -0.25) is 9.78 Å². The van der Waals surface area contributed by atoms with Gasteiger partial charge in [-0.2, -0.15) is 5.26 Å². The Labute approximate surface area is 164 Å². The minimum Gasteiger partial charge on any atom is -0.339 e. The van der Waals surface area contributed by atoms with Crippen LogP contribution in [-0.2, 0) is 6.54 Å². The van der Waals surface area contributed by atoms with Crippen molar-refractivity contribution in [3.05, 3.63) is 83.7 Å². The van der Waals surface area contributed by atoms with Crippen LogP contribution in [0.1, 0.15) is 46.1 Å². The van der Waals surface area contributed by atoms with Gasteiger partial charge < -0.3 is 9.47 Å². The normalized spacial score (nSPS) is 14.6. The van der Waals surface area contributed by atoms with Crippen molar-refractivity contribution in [2.24, 2.45) is 0 Å². The summed E-state index contributed by atoms with van der Waals surface area (Å²) in [5, 5.41) is 9.04. The minimum atomic E-state index is -0.00400. The van der Waals surface area contributed by atoms with Crippen molar-refractivity contribution in [1.82, 2.24) is 19.4 Å². The number of amides is 1. The molecule has 1 amide bonds. The van der Waals surface area contributed by atoms with Crippen LogP contribution in [0.25, 0.3) is 0 Å². The quantitative estimate of drug-likeness (QED) is 0.706. The molecule has 3 aromatic rings. The van der Waals surface area contributed by atoms with Gasteiger partial charge in [0.2, 0.25) is 0 Å². The van der Waals surface area contributed by atoms with Crippen LogP contribution in [0.15, 0.2) is 61.2 Å². The molecule has 0 atom stereocenters. The molecule has 0 N–H and O–H groups in total. The number of benzene rings is 1. The SMILES string of the molecule is N#Cc1cccc(C(=O)N2CCC(c3nccn3Cc3ccncc3)CC2)c1. The van der Waals surface area contributed by atoms with Gasteiger partial charge in [-0.15, -0.1) is 0 Å². The molecule has 3 heterocycles. The number of piperidine rings is 1. The van der Waals surface area contributed by atoms with Crippen LogP contribution in [0.4, 0.5) is 0 Å². The van der Waals surface area contributed by atoms with E-state index < -0.39 is 0 Å². The largest absolute Gasteiger partial charge is 0.339 e. The maximum Gasteiger partial charge on any atom is 0.253 e. The van der Waals surface area contributed by atoms with Crippen LogP contribution in [0, 0.1) is 11.3 Å². The molecule has 1 aliphatic heterocycles. The Bertz CT molecular complexity index is 997. The number of aromatic nitrogens is 3. The Morgan fingerprint density at radius 1 is 1.14 bits per heavy atom. The van der Waals surface area contributed by atoms with E-state index in [1.54, 1.807) is 36.7 Å². The molecule has 28 heavy (non-hydrogen) atoms. The summed E-state index contributed by atoms with van der Waals surface area (Å²) in [6.45, 7) is 2.17. The maximum absolute atomic E-state index is 12.8. The number of hydrogen-bond acceptors (Lipinski definition) is 4. The predicted molar refractivity (Wildman–Crippen MR) is 105 cm³/mol. The average molecular weight is 371 g/mol. The number of carbonyl (C=O) groups excluding carboxylic acids is 1. The van der Waals surface area contributed by atoms with Crippen LogP contribution in [0.2, 0.25) is 0 Å². The lowest BCUT2D eigenvalue weighted by atomic mass is 9.95. The highest BCUT2D eigenvalue weighted by molar-refractivity contribution is 5.94. The fourth-order valence-electron chi connectivity index (χ4n) is 3.74. The van der Waals surface area contributed by atoms with Gasteiger partial charge in [0.15, 0.2) is 0 Å². The topological polar surface area (TPSA) is 74.8 Å². The molecule has 1 fully saturated rings. The Morgan fingerprint density at radius 3 is 2.68 bits per heavy atom. The Kier molecular flexibility index (Phi) is 5.16. The molecule has 1 aliphatic rings. The summed E-state index contributed by atoms with van der Waals surface area (Å²) < 4.78 is 2.19. The lowest BCUT2D eigenvalue weighted by Crippen LogP contribution is -2.38. The summed E-state index contributed by atoms with van der Waals surface area (Å²) in [5.74, 6) is 1.41. The van der Waals surface area contributed by atoms with Gasteiger partial charge in [0, 0.05) is 55.9 Å². The van der Waals surface area contributed by atoms with Crippen molar-refractivity contribution >= 4 is 5.91 Å². The first-order chi connectivity index (χ1) is 13.7. The molecular formula is C22H21N5O. The van der Waals surface area contributed by atoms with Gasteiger partial charge in [-0.25, -0.2) is 4.98 Å². The van der Waals surface area contributed by atoms with Gasteiger partial charge in [0.1, 0.15) is 5.82 Å². The standard InChI is InChI=1S/C22H21N5O/c23-15-18-2-1-3-20(14-18)22(28)26-11-6-19(7-12-26)21-25-10-13-27(21)16-17-4-8-24-9-5-17/h1-5,8-10,13-14,19H,6-7,11-12,16H2. The van der Waals surface area contributed by atoms with Crippen LogP contribution in [0.3, 0.4) is 0 Å². The van der Waals surface area contributed by atoms with Crippen molar-refractivity contribution in [3.63, 3.8) is 0 Å². The maximum atomic E-state index is 12.8. The minimum absolute atomic E-state index is 0.00400. The Hall–Kier alpha value is -3.46. The van der Waals surface area contributed by atoms with Crippen LogP contribution in [-0.4, -0.2) is 38.4 Å². The molecule has 140 valence electrons. The van der Waals surface area contributed by atoms with E-state index in [4.69, 9.17) is 5.26 Å². The van der Waals surface area contributed by atoms with Gasteiger partial charge in [-0.05, 0) is 48.7 Å². The van der Waals surface area contributed by atoms with Crippen molar-refractivity contribution in [1.29, 1.82) is 5.26 Å². The van der Waals surface area contributed by atoms with Gasteiger partial charge in [0.05, 0.1) is 11.6 Å². The summed E-state index contributed by atoms with van der Waals surface area (Å²) in [5.41, 5.74) is 2.29. The molecule has 0 bridgehead atoms. The van der Waals surface area contributed by atoms with E-state index in [-0.39, 0.29) is 5.91 Å². The number of hydrogen-bond donors (Lipinski definition) is 0. The predicted octanol–water partition coefficient (Wildman–Crippen LogP) is 3.22. The number of nitriles is 1. The third kappa shape index (κ3) is 3.79. The van der Waals surface area contributed by atoms with Gasteiger partial charge in [0.25, 0.3) is 5.91 Å². The molecule has 0 saturated carbocycles. The summed E-state index contributed by atoms with van der Waals surface area (Å²) in [6, 6.07) is 13.0. The molecule has 1 aromatic carbocycles. The van der Waals surface area contributed by atoms with Gasteiger partial charge in [-0.1, -0.05) is 6.07 Å². The molecule has 1 saturated heterocycles. The van der Waals surface area contributed by atoms with Crippen LogP contribution in [0.5, 0.6) is 0 Å². The highest BCUT2D eigenvalue weighted by Crippen LogP contribution is 2.28. The third-order valence-electron chi connectivity index (χ3n) is 5.24. The van der Waals surface area contributed by atoms with E-state index in [1.165, 1.54) is 5.56 Å². The fraction of sp³-hybridized carbons (Fsp3) is 0.273. The first kappa shape index (κ1) is 17.9. The number of likely N-dealkylation sites (tertiary alicyclic amines) is 1. The Morgan fingerprint density at radius 2 is 1.93 bits per heavy atom. The third-order valence-corrected chi connectivity index (χ3v) is 5.24. The molecular weight excluding hydrogens is 350 g/mol. The zero-order chi connectivity index (χ0) is 19.3. The molecule has 0 aliphatic carbocycles. The van der Waals surface area contributed by atoms with Crippen molar-refractivity contribution < 1.29 is 4.79 Å². The molecule has 4 rings (SSSR count). The average Bonchev–Trinajstić information content (AvgIpc) is 3.22. The second-order valence-electron chi connectivity index (χ2n) is 7.03. The molecule has 2 aromatic heterocycles. The number of nitrogens with zero attached hydrogens (tertiary/aromatic N) is 5. The monoisotopic (exact) mass is 371 g/mol. The van der Waals surface area contributed by atoms with Crippen molar-refractivity contribution in [3.8, 4) is 6.07 Å². The van der Waals surface area contributed by atoms with Crippen LogP contribution < -0.4 is 0 Å². The molecule has 6 heteroatoms. The zero-order valence-corrected chi connectivity index (χ0v) is 15.5. The van der Waals surface area contributed by atoms with E-state index in [2.05, 4.69) is 20.6 Å². The van der Waals surface area contributed by atoms with Crippen molar-refractivity contribution in [2.75, 3.05) is 13.1 Å². The number of imidazole rings is 1. The van der Waals surface area contributed by atoms with E-state index in [0.29, 0.717) is 30.1 Å². The summed E-state index contributed by atoms with van der Waals surface area (Å²) >= 11 is 0. The lowest BCUT2D eigenvalue weighted by molar-refractivity contribution is 0.0710. The first-order valence-electron chi connectivity index (χ1n) is 9.44. The van der Waals surface area contributed by atoms with E-state index in [1.807, 2.05) is 29.4 Å². The van der Waals surface area contributed by atoms with E-state index in [9.17, 15) is 4.79 Å². The highest BCUT2D eigenvalue weighted by atomic mass is 16.2. The summed E-state index contributed by atoms with van der Waals surface area (Å²) in [7, 11) is 0. The molecule has 0 unspecified atom stereocenters.